The Morgan fingerprint density at radius 3 is 2.56 bits per heavy atom. The van der Waals surface area contributed by atoms with Gasteiger partial charge in [0.1, 0.15) is 0 Å². The molecule has 0 radical (unpaired) electrons. The van der Waals surface area contributed by atoms with Gasteiger partial charge in [0.15, 0.2) is 27.8 Å². The van der Waals surface area contributed by atoms with Gasteiger partial charge in [-0.05, 0) is 48.4 Å². The molecule has 2 aliphatic heterocycles. The number of rotatable bonds is 7. The van der Waals surface area contributed by atoms with E-state index in [0.717, 1.165) is 11.1 Å². The van der Waals surface area contributed by atoms with Gasteiger partial charge in [-0.2, -0.15) is 0 Å². The van der Waals surface area contributed by atoms with Gasteiger partial charge in [-0.15, -0.1) is 0 Å². The minimum atomic E-state index is -0.817. The highest BCUT2D eigenvalue weighted by molar-refractivity contribution is 7.07. The van der Waals surface area contributed by atoms with E-state index in [-0.39, 0.29) is 24.5 Å². The number of aromatic nitrogens is 1. The Kier molecular flexibility index (Phi) is 7.07. The fourth-order valence-corrected chi connectivity index (χ4v) is 5.93. The molecule has 0 fully saturated rings. The SMILES string of the molecule is CCOC(=O)C1=C(c2ccccc2)N=c2s/c(=C/c3ccc(OC)c(OC)c3)c(=O)n2[C@H]1c1ccc2c(c1)OCO2. The molecule has 4 aromatic rings. The number of esters is 1. The first-order chi connectivity index (χ1) is 20.0. The summed E-state index contributed by atoms with van der Waals surface area (Å²) < 4.78 is 29.5. The molecule has 0 saturated heterocycles. The van der Waals surface area contributed by atoms with Crippen LogP contribution < -0.4 is 33.8 Å². The molecule has 1 aromatic heterocycles. The van der Waals surface area contributed by atoms with Crippen LogP contribution in [0.15, 0.2) is 82.1 Å². The number of benzene rings is 3. The monoisotopic (exact) mass is 570 g/mol. The summed E-state index contributed by atoms with van der Waals surface area (Å²) in [5.41, 5.74) is 2.58. The minimum Gasteiger partial charge on any atom is -0.493 e. The summed E-state index contributed by atoms with van der Waals surface area (Å²) in [4.78, 5) is 33.0. The molecule has 3 heterocycles. The van der Waals surface area contributed by atoms with Crippen LogP contribution in [0, 0.1) is 0 Å². The lowest BCUT2D eigenvalue weighted by atomic mass is 9.93. The minimum absolute atomic E-state index is 0.0999. The topological polar surface area (TPSA) is 97.6 Å². The molecule has 0 aliphatic carbocycles. The van der Waals surface area contributed by atoms with Crippen molar-refractivity contribution in [3.63, 3.8) is 0 Å². The van der Waals surface area contributed by atoms with Gasteiger partial charge in [-0.3, -0.25) is 9.36 Å². The van der Waals surface area contributed by atoms with Crippen molar-refractivity contribution in [1.29, 1.82) is 0 Å². The van der Waals surface area contributed by atoms with Crippen LogP contribution in [-0.4, -0.2) is 38.2 Å². The van der Waals surface area contributed by atoms with Gasteiger partial charge in [0.2, 0.25) is 6.79 Å². The average molecular weight is 571 g/mol. The van der Waals surface area contributed by atoms with Gasteiger partial charge >= 0.3 is 5.97 Å². The summed E-state index contributed by atoms with van der Waals surface area (Å²) >= 11 is 1.24. The number of ether oxygens (including phenoxy) is 5. The third-order valence-corrected chi connectivity index (χ3v) is 7.77. The number of nitrogens with zero attached hydrogens (tertiary/aromatic N) is 2. The van der Waals surface area contributed by atoms with E-state index < -0.39 is 12.0 Å². The smallest absolute Gasteiger partial charge is 0.338 e. The Hall–Kier alpha value is -4.83. The van der Waals surface area contributed by atoms with E-state index in [1.165, 1.54) is 11.3 Å². The van der Waals surface area contributed by atoms with Crippen LogP contribution in [0.2, 0.25) is 0 Å². The first-order valence-corrected chi connectivity index (χ1v) is 13.7. The molecule has 0 N–H and O–H groups in total. The zero-order valence-electron chi connectivity index (χ0n) is 22.6. The molecule has 0 bridgehead atoms. The number of carbonyl (C=O) groups excluding carboxylic acids is 1. The van der Waals surface area contributed by atoms with E-state index in [4.69, 9.17) is 28.7 Å². The van der Waals surface area contributed by atoms with Crippen molar-refractivity contribution in [2.75, 3.05) is 27.6 Å². The van der Waals surface area contributed by atoms with Gasteiger partial charge in [0.05, 0.1) is 42.7 Å². The maximum absolute atomic E-state index is 14.1. The van der Waals surface area contributed by atoms with E-state index in [2.05, 4.69) is 0 Å². The molecule has 2 aliphatic rings. The molecule has 0 saturated carbocycles. The van der Waals surface area contributed by atoms with Crippen LogP contribution in [0.4, 0.5) is 0 Å². The first kappa shape index (κ1) is 26.4. The normalized spacial score (nSPS) is 15.8. The second-order valence-corrected chi connectivity index (χ2v) is 10.2. The number of thiazole rings is 1. The Balaban J connectivity index is 1.62. The molecule has 0 amide bonds. The Morgan fingerprint density at radius 2 is 1.80 bits per heavy atom. The van der Waals surface area contributed by atoms with Crippen molar-refractivity contribution in [1.82, 2.24) is 4.57 Å². The number of carbonyl (C=O) groups is 1. The lowest BCUT2D eigenvalue weighted by Gasteiger charge is -2.26. The fraction of sp³-hybridized carbons (Fsp3) is 0.194. The summed E-state index contributed by atoms with van der Waals surface area (Å²) in [7, 11) is 3.13. The van der Waals surface area contributed by atoms with E-state index in [9.17, 15) is 9.59 Å². The van der Waals surface area contributed by atoms with Crippen LogP contribution in [0.25, 0.3) is 11.8 Å². The summed E-state index contributed by atoms with van der Waals surface area (Å²) in [5.74, 6) is 1.71. The number of methoxy groups -OCH3 is 2. The van der Waals surface area contributed by atoms with Crippen molar-refractivity contribution in [3.05, 3.63) is 109 Å². The quantitative estimate of drug-likeness (QED) is 0.313. The number of hydrogen-bond donors (Lipinski definition) is 0. The van der Waals surface area contributed by atoms with Crippen LogP contribution in [0.3, 0.4) is 0 Å². The molecule has 9 nitrogen and oxygen atoms in total. The van der Waals surface area contributed by atoms with Crippen molar-refractivity contribution in [3.8, 4) is 23.0 Å². The second kappa shape index (κ2) is 11.0. The molecule has 41 heavy (non-hydrogen) atoms. The molecular weight excluding hydrogens is 544 g/mol. The summed E-state index contributed by atoms with van der Waals surface area (Å²) in [6.45, 7) is 2.01. The van der Waals surface area contributed by atoms with Crippen molar-refractivity contribution in [2.45, 2.75) is 13.0 Å². The Labute approximate surface area is 239 Å². The number of hydrogen-bond acceptors (Lipinski definition) is 9. The highest BCUT2D eigenvalue weighted by Crippen LogP contribution is 2.40. The van der Waals surface area contributed by atoms with Gasteiger partial charge in [-0.25, -0.2) is 9.79 Å². The lowest BCUT2D eigenvalue weighted by Crippen LogP contribution is -2.40. The third-order valence-electron chi connectivity index (χ3n) is 6.79. The molecule has 0 spiro atoms. The van der Waals surface area contributed by atoms with Gasteiger partial charge < -0.3 is 23.7 Å². The predicted molar refractivity (Wildman–Crippen MR) is 153 cm³/mol. The lowest BCUT2D eigenvalue weighted by molar-refractivity contribution is -0.138. The van der Waals surface area contributed by atoms with Gasteiger partial charge in [0, 0.05) is 5.56 Å². The molecule has 0 unspecified atom stereocenters. The van der Waals surface area contributed by atoms with Crippen molar-refractivity contribution >= 4 is 29.1 Å². The maximum Gasteiger partial charge on any atom is 0.338 e. The molecule has 1 atom stereocenters. The highest BCUT2D eigenvalue weighted by Gasteiger charge is 2.36. The standard InChI is InChI=1S/C31H26N2O7S/c1-4-38-30(35)26-27(19-8-6-5-7-9-19)32-31-33(28(26)20-11-13-22-24(16-20)40-17-39-22)29(34)25(41-31)15-18-10-12-21(36-2)23(14-18)37-3/h5-16,28H,4,17H2,1-3H3/b25-15+/t28-/m0/s1. The summed E-state index contributed by atoms with van der Waals surface area (Å²) in [6, 6.07) is 19.4. The molecule has 3 aromatic carbocycles. The van der Waals surface area contributed by atoms with Crippen LogP contribution >= 0.6 is 11.3 Å². The van der Waals surface area contributed by atoms with E-state index in [0.29, 0.717) is 43.6 Å². The molecule has 208 valence electrons. The Morgan fingerprint density at radius 1 is 1.02 bits per heavy atom. The second-order valence-electron chi connectivity index (χ2n) is 9.16. The van der Waals surface area contributed by atoms with E-state index in [1.54, 1.807) is 56.1 Å². The maximum atomic E-state index is 14.1. The van der Waals surface area contributed by atoms with Gasteiger partial charge in [-0.1, -0.05) is 53.8 Å². The number of fused-ring (bicyclic) bond motifs is 2. The third kappa shape index (κ3) is 4.76. The van der Waals surface area contributed by atoms with E-state index >= 15 is 0 Å². The van der Waals surface area contributed by atoms with Gasteiger partial charge in [0.25, 0.3) is 5.56 Å². The predicted octanol–water partition coefficient (Wildman–Crippen LogP) is 3.68. The molecule has 6 rings (SSSR count). The highest BCUT2D eigenvalue weighted by atomic mass is 32.1. The van der Waals surface area contributed by atoms with Crippen LogP contribution in [-0.2, 0) is 9.53 Å². The van der Waals surface area contributed by atoms with Crippen molar-refractivity contribution in [2.24, 2.45) is 4.99 Å². The van der Waals surface area contributed by atoms with Crippen LogP contribution in [0.1, 0.15) is 29.7 Å². The zero-order chi connectivity index (χ0) is 28.5. The first-order valence-electron chi connectivity index (χ1n) is 12.9. The zero-order valence-corrected chi connectivity index (χ0v) is 23.4. The summed E-state index contributed by atoms with van der Waals surface area (Å²) in [6.07, 6.45) is 1.78. The van der Waals surface area contributed by atoms with Crippen molar-refractivity contribution < 1.29 is 28.5 Å². The summed E-state index contributed by atoms with van der Waals surface area (Å²) in [5, 5.41) is 0. The van der Waals surface area contributed by atoms with E-state index in [1.807, 2.05) is 42.5 Å². The largest absolute Gasteiger partial charge is 0.493 e. The Bertz CT molecular complexity index is 1860. The average Bonchev–Trinajstić information content (AvgIpc) is 3.60. The van der Waals surface area contributed by atoms with Crippen LogP contribution in [0.5, 0.6) is 23.0 Å². The fourth-order valence-electron chi connectivity index (χ4n) is 4.93. The molecule has 10 heteroatoms. The molecular formula is C31H26N2O7S.